The van der Waals surface area contributed by atoms with E-state index >= 15 is 0 Å². The van der Waals surface area contributed by atoms with E-state index in [2.05, 4.69) is 18.7 Å². The van der Waals surface area contributed by atoms with E-state index in [4.69, 9.17) is 11.6 Å². The first kappa shape index (κ1) is 18.5. The van der Waals surface area contributed by atoms with Gasteiger partial charge in [-0.15, -0.1) is 0 Å². The summed E-state index contributed by atoms with van der Waals surface area (Å²) in [5, 5.41) is 0.257. The van der Waals surface area contributed by atoms with Crippen LogP contribution in [0.4, 0.5) is 16.2 Å². The molecule has 0 N–H and O–H groups in total. The first-order chi connectivity index (χ1) is 12.5. The largest absolute Gasteiger partial charge is 0.372 e. The van der Waals surface area contributed by atoms with Gasteiger partial charge in [-0.3, -0.25) is 9.59 Å². The zero-order valence-electron chi connectivity index (χ0n) is 14.6. The van der Waals surface area contributed by atoms with Gasteiger partial charge in [-0.2, -0.15) is 0 Å². The number of hydrogen-bond donors (Lipinski definition) is 0. The van der Waals surface area contributed by atoms with Crippen LogP contribution < -0.4 is 9.80 Å². The van der Waals surface area contributed by atoms with Crippen molar-refractivity contribution in [3.63, 3.8) is 0 Å². The summed E-state index contributed by atoms with van der Waals surface area (Å²) < 4.78 is 0. The van der Waals surface area contributed by atoms with Crippen LogP contribution in [0.3, 0.4) is 0 Å². The zero-order chi connectivity index (χ0) is 18.7. The predicted molar refractivity (Wildman–Crippen MR) is 110 cm³/mol. The highest BCUT2D eigenvalue weighted by atomic mass is 35.5. The fourth-order valence-corrected chi connectivity index (χ4v) is 3.77. The quantitative estimate of drug-likeness (QED) is 0.642. The molecule has 2 amide bonds. The van der Waals surface area contributed by atoms with E-state index < -0.39 is 0 Å². The van der Waals surface area contributed by atoms with Crippen LogP contribution in [0.1, 0.15) is 19.4 Å². The Labute approximate surface area is 162 Å². The van der Waals surface area contributed by atoms with Crippen LogP contribution in [0, 0.1) is 0 Å². The maximum Gasteiger partial charge on any atom is 0.298 e. The molecule has 4 nitrogen and oxygen atoms in total. The highest BCUT2D eigenvalue weighted by Crippen LogP contribution is 2.36. The number of nitrogens with zero attached hydrogens (tertiary/aromatic N) is 2. The molecule has 0 aromatic heterocycles. The van der Waals surface area contributed by atoms with Crippen molar-refractivity contribution < 1.29 is 9.59 Å². The fraction of sp³-hybridized carbons (Fsp3) is 0.200. The van der Waals surface area contributed by atoms with Crippen molar-refractivity contribution in [3.8, 4) is 0 Å². The van der Waals surface area contributed by atoms with Gasteiger partial charge in [-0.1, -0.05) is 23.7 Å². The lowest BCUT2D eigenvalue weighted by Gasteiger charge is -2.20. The highest BCUT2D eigenvalue weighted by Gasteiger charge is 2.36. The Morgan fingerprint density at radius 3 is 2.19 bits per heavy atom. The maximum absolute atomic E-state index is 12.6. The van der Waals surface area contributed by atoms with Crippen LogP contribution >= 0.6 is 23.4 Å². The lowest BCUT2D eigenvalue weighted by atomic mass is 10.1. The molecule has 1 heterocycles. The summed E-state index contributed by atoms with van der Waals surface area (Å²) in [7, 11) is 0. The molecular formula is C20H19ClN2O2S. The molecule has 1 aliphatic rings. The first-order valence-electron chi connectivity index (χ1n) is 8.42. The SMILES string of the molecule is CCN(CC)c1ccc(C=C2SC(=O)N(c3ccc(Cl)cc3)C2=O)cc1. The molecule has 26 heavy (non-hydrogen) atoms. The third-order valence-corrected chi connectivity index (χ3v) is 5.32. The molecule has 0 bridgehead atoms. The number of imide groups is 1. The summed E-state index contributed by atoms with van der Waals surface area (Å²) >= 11 is 6.82. The van der Waals surface area contributed by atoms with Gasteiger partial charge < -0.3 is 4.90 Å². The molecule has 0 radical (unpaired) electrons. The molecule has 2 aromatic carbocycles. The molecule has 1 saturated heterocycles. The average molecular weight is 387 g/mol. The molecule has 0 spiro atoms. The van der Waals surface area contributed by atoms with Crippen LogP contribution in [0.5, 0.6) is 0 Å². The van der Waals surface area contributed by atoms with Gasteiger partial charge in [-0.05, 0) is 73.6 Å². The number of amides is 2. The van der Waals surface area contributed by atoms with E-state index in [0.29, 0.717) is 15.6 Å². The number of anilines is 2. The third kappa shape index (κ3) is 3.79. The van der Waals surface area contributed by atoms with Crippen molar-refractivity contribution in [2.75, 3.05) is 22.9 Å². The van der Waals surface area contributed by atoms with Crippen molar-refractivity contribution >= 4 is 52.0 Å². The van der Waals surface area contributed by atoms with E-state index in [1.54, 1.807) is 30.3 Å². The first-order valence-corrected chi connectivity index (χ1v) is 9.61. The summed E-state index contributed by atoms with van der Waals surface area (Å²) in [5.74, 6) is -0.310. The molecule has 0 aliphatic carbocycles. The highest BCUT2D eigenvalue weighted by molar-refractivity contribution is 8.19. The van der Waals surface area contributed by atoms with Crippen LogP contribution in [0.2, 0.25) is 5.02 Å². The number of carbonyl (C=O) groups excluding carboxylic acids is 2. The standard InChI is InChI=1S/C20H19ClN2O2S/c1-3-22(4-2)16-9-5-14(6-10-16)13-18-19(24)23(20(25)26-18)17-11-7-15(21)8-12-17/h5-13H,3-4H2,1-2H3. The molecular weight excluding hydrogens is 368 g/mol. The van der Waals surface area contributed by atoms with Gasteiger partial charge in [-0.25, -0.2) is 4.90 Å². The number of benzene rings is 2. The molecule has 0 unspecified atom stereocenters. The molecule has 0 atom stereocenters. The smallest absolute Gasteiger partial charge is 0.298 e. The molecule has 6 heteroatoms. The van der Waals surface area contributed by atoms with Crippen molar-refractivity contribution in [2.24, 2.45) is 0 Å². The third-order valence-electron chi connectivity index (χ3n) is 4.20. The normalized spacial score (nSPS) is 15.8. The van der Waals surface area contributed by atoms with Gasteiger partial charge in [0.1, 0.15) is 0 Å². The molecule has 1 aliphatic heterocycles. The fourth-order valence-electron chi connectivity index (χ4n) is 2.80. The number of thioether (sulfide) groups is 1. The van der Waals surface area contributed by atoms with Gasteiger partial charge in [0, 0.05) is 23.8 Å². The van der Waals surface area contributed by atoms with Crippen LogP contribution in [-0.4, -0.2) is 24.2 Å². The summed E-state index contributed by atoms with van der Waals surface area (Å²) in [5.41, 5.74) is 2.56. The molecule has 134 valence electrons. The van der Waals surface area contributed by atoms with Crippen molar-refractivity contribution in [1.82, 2.24) is 0 Å². The van der Waals surface area contributed by atoms with Gasteiger partial charge in [0.05, 0.1) is 10.6 Å². The maximum atomic E-state index is 12.6. The monoisotopic (exact) mass is 386 g/mol. The van der Waals surface area contributed by atoms with E-state index in [9.17, 15) is 9.59 Å². The Hall–Kier alpha value is -2.24. The average Bonchev–Trinajstić information content (AvgIpc) is 2.92. The predicted octanol–water partition coefficient (Wildman–Crippen LogP) is 5.43. The van der Waals surface area contributed by atoms with Crippen LogP contribution in [-0.2, 0) is 4.79 Å². The van der Waals surface area contributed by atoms with Gasteiger partial charge in [0.15, 0.2) is 0 Å². The molecule has 2 aromatic rings. The second-order valence-corrected chi connectivity index (χ2v) is 7.19. The van der Waals surface area contributed by atoms with E-state index in [0.717, 1.165) is 36.1 Å². The number of halogens is 1. The minimum atomic E-state index is -0.310. The van der Waals surface area contributed by atoms with Crippen molar-refractivity contribution in [3.05, 3.63) is 64.0 Å². The van der Waals surface area contributed by atoms with Crippen molar-refractivity contribution in [2.45, 2.75) is 13.8 Å². The number of hydrogen-bond acceptors (Lipinski definition) is 4. The number of rotatable bonds is 5. The second-order valence-electron chi connectivity index (χ2n) is 5.76. The Kier molecular flexibility index (Phi) is 5.69. The van der Waals surface area contributed by atoms with E-state index in [1.165, 1.54) is 4.90 Å². The minimum Gasteiger partial charge on any atom is -0.372 e. The molecule has 0 saturated carbocycles. The summed E-state index contributed by atoms with van der Waals surface area (Å²) in [6, 6.07) is 14.6. The topological polar surface area (TPSA) is 40.6 Å². The lowest BCUT2D eigenvalue weighted by molar-refractivity contribution is -0.113. The Morgan fingerprint density at radius 1 is 1.00 bits per heavy atom. The van der Waals surface area contributed by atoms with E-state index in [-0.39, 0.29) is 11.1 Å². The second kappa shape index (κ2) is 7.98. The van der Waals surface area contributed by atoms with Gasteiger partial charge in [0.25, 0.3) is 11.1 Å². The van der Waals surface area contributed by atoms with Crippen LogP contribution in [0.25, 0.3) is 6.08 Å². The summed E-state index contributed by atoms with van der Waals surface area (Å²) in [6.45, 7) is 6.11. The van der Waals surface area contributed by atoms with Crippen molar-refractivity contribution in [1.29, 1.82) is 0 Å². The number of carbonyl (C=O) groups is 2. The summed E-state index contributed by atoms with van der Waals surface area (Å²) in [4.78, 5) is 28.8. The Balaban J connectivity index is 1.82. The molecule has 3 rings (SSSR count). The minimum absolute atomic E-state index is 0.302. The summed E-state index contributed by atoms with van der Waals surface area (Å²) in [6.07, 6.45) is 1.76. The van der Waals surface area contributed by atoms with Gasteiger partial charge in [0.2, 0.25) is 0 Å². The molecule has 1 fully saturated rings. The Morgan fingerprint density at radius 2 is 1.62 bits per heavy atom. The Bertz CT molecular complexity index is 843. The zero-order valence-corrected chi connectivity index (χ0v) is 16.2. The van der Waals surface area contributed by atoms with Crippen LogP contribution in [0.15, 0.2) is 53.4 Å². The van der Waals surface area contributed by atoms with Gasteiger partial charge >= 0.3 is 0 Å². The lowest BCUT2D eigenvalue weighted by Crippen LogP contribution is -2.27. The van der Waals surface area contributed by atoms with E-state index in [1.807, 2.05) is 24.3 Å².